The molecule has 4 nitrogen and oxygen atoms in total. The fourth-order valence-corrected chi connectivity index (χ4v) is 3.41. The SMILES string of the molecule is Cc1ccc(N2C(=O)c3cccnc3C2Nc2cccc(Cl)c2Cl)cc1. The van der Waals surface area contributed by atoms with Crippen molar-refractivity contribution in [2.45, 2.75) is 13.1 Å². The lowest BCUT2D eigenvalue weighted by Gasteiger charge is -2.27. The summed E-state index contributed by atoms with van der Waals surface area (Å²) in [6, 6.07) is 16.7. The van der Waals surface area contributed by atoms with E-state index in [1.54, 1.807) is 29.3 Å². The minimum atomic E-state index is -0.475. The lowest BCUT2D eigenvalue weighted by molar-refractivity contribution is 0.0993. The number of benzene rings is 2. The molecule has 0 spiro atoms. The summed E-state index contributed by atoms with van der Waals surface area (Å²) in [4.78, 5) is 19.1. The van der Waals surface area contributed by atoms with Gasteiger partial charge in [0, 0.05) is 11.9 Å². The Bertz CT molecular complexity index is 989. The average molecular weight is 384 g/mol. The number of halogens is 2. The number of aromatic nitrogens is 1. The summed E-state index contributed by atoms with van der Waals surface area (Å²) in [5.41, 5.74) is 3.79. The number of anilines is 2. The van der Waals surface area contributed by atoms with Crippen LogP contribution < -0.4 is 10.2 Å². The third-order valence-electron chi connectivity index (χ3n) is 4.36. The van der Waals surface area contributed by atoms with Crippen LogP contribution in [0.4, 0.5) is 11.4 Å². The molecule has 26 heavy (non-hydrogen) atoms. The maximum Gasteiger partial charge on any atom is 0.262 e. The van der Waals surface area contributed by atoms with E-state index in [9.17, 15) is 4.79 Å². The zero-order valence-electron chi connectivity index (χ0n) is 13.9. The molecule has 0 saturated heterocycles. The Morgan fingerprint density at radius 1 is 1.04 bits per heavy atom. The number of carbonyl (C=O) groups is 1. The number of pyridine rings is 1. The van der Waals surface area contributed by atoms with Crippen LogP contribution >= 0.6 is 23.2 Å². The van der Waals surface area contributed by atoms with Gasteiger partial charge < -0.3 is 5.32 Å². The summed E-state index contributed by atoms with van der Waals surface area (Å²) in [6.45, 7) is 2.01. The van der Waals surface area contributed by atoms with Gasteiger partial charge in [0.1, 0.15) is 0 Å². The van der Waals surface area contributed by atoms with Gasteiger partial charge in [-0.1, -0.05) is 47.0 Å². The maximum absolute atomic E-state index is 13.0. The Morgan fingerprint density at radius 3 is 2.58 bits per heavy atom. The number of rotatable bonds is 3. The number of carbonyl (C=O) groups excluding carboxylic acids is 1. The van der Waals surface area contributed by atoms with Crippen molar-refractivity contribution in [3.05, 3.63) is 87.7 Å². The number of hydrogen-bond acceptors (Lipinski definition) is 3. The van der Waals surface area contributed by atoms with Crippen LogP contribution in [0.5, 0.6) is 0 Å². The van der Waals surface area contributed by atoms with Crippen LogP contribution in [-0.2, 0) is 0 Å². The Morgan fingerprint density at radius 2 is 1.81 bits per heavy atom. The van der Waals surface area contributed by atoms with E-state index in [1.807, 2.05) is 43.3 Å². The maximum atomic E-state index is 13.0. The van der Waals surface area contributed by atoms with Crippen molar-refractivity contribution in [1.29, 1.82) is 0 Å². The molecule has 1 aromatic heterocycles. The predicted octanol–water partition coefficient (Wildman–Crippen LogP) is 5.47. The summed E-state index contributed by atoms with van der Waals surface area (Å²) in [5.74, 6) is -0.104. The van der Waals surface area contributed by atoms with Crippen molar-refractivity contribution in [2.75, 3.05) is 10.2 Å². The van der Waals surface area contributed by atoms with Gasteiger partial charge in [-0.25, -0.2) is 0 Å². The molecular formula is C20H15Cl2N3O. The quantitative estimate of drug-likeness (QED) is 0.652. The molecular weight excluding hydrogens is 369 g/mol. The van der Waals surface area contributed by atoms with Crippen molar-refractivity contribution in [2.24, 2.45) is 0 Å². The first-order chi connectivity index (χ1) is 12.6. The fourth-order valence-electron chi connectivity index (χ4n) is 3.05. The van der Waals surface area contributed by atoms with Crippen LogP contribution in [0.2, 0.25) is 10.0 Å². The van der Waals surface area contributed by atoms with Crippen LogP contribution in [0, 0.1) is 6.92 Å². The van der Waals surface area contributed by atoms with Gasteiger partial charge in [-0.15, -0.1) is 0 Å². The highest BCUT2D eigenvalue weighted by Crippen LogP contribution is 2.39. The highest BCUT2D eigenvalue weighted by molar-refractivity contribution is 6.43. The van der Waals surface area contributed by atoms with Crippen LogP contribution in [0.1, 0.15) is 27.8 Å². The lowest BCUT2D eigenvalue weighted by Crippen LogP contribution is -2.32. The Hall–Kier alpha value is -2.56. The van der Waals surface area contributed by atoms with Crippen LogP contribution in [0.3, 0.4) is 0 Å². The first kappa shape index (κ1) is 16.9. The Balaban J connectivity index is 1.81. The van der Waals surface area contributed by atoms with Gasteiger partial charge in [-0.3, -0.25) is 14.7 Å². The van der Waals surface area contributed by atoms with E-state index in [2.05, 4.69) is 10.3 Å². The standard InChI is InChI=1S/C20H15Cl2N3O/c1-12-7-9-13(10-8-12)25-19(18-14(20(25)26)4-3-11-23-18)24-16-6-2-5-15(21)17(16)22/h2-11,19,24H,1H3. The molecule has 2 heterocycles. The molecule has 6 heteroatoms. The molecule has 1 amide bonds. The average Bonchev–Trinajstić information content (AvgIpc) is 2.92. The van der Waals surface area contributed by atoms with Gasteiger partial charge in [-0.05, 0) is 43.3 Å². The smallest absolute Gasteiger partial charge is 0.262 e. The molecule has 1 N–H and O–H groups in total. The number of fused-ring (bicyclic) bond motifs is 1. The largest absolute Gasteiger partial charge is 0.359 e. The van der Waals surface area contributed by atoms with E-state index in [0.717, 1.165) is 11.3 Å². The van der Waals surface area contributed by atoms with Gasteiger partial charge in [0.2, 0.25) is 0 Å². The molecule has 2 aromatic carbocycles. The van der Waals surface area contributed by atoms with Crippen molar-refractivity contribution in [3.8, 4) is 0 Å². The summed E-state index contributed by atoms with van der Waals surface area (Å²) in [5, 5.41) is 4.19. The van der Waals surface area contributed by atoms with E-state index in [-0.39, 0.29) is 5.91 Å². The molecule has 0 saturated carbocycles. The summed E-state index contributed by atoms with van der Waals surface area (Å²) < 4.78 is 0. The van der Waals surface area contributed by atoms with Crippen molar-refractivity contribution in [3.63, 3.8) is 0 Å². The van der Waals surface area contributed by atoms with Gasteiger partial charge >= 0.3 is 0 Å². The zero-order valence-corrected chi connectivity index (χ0v) is 15.4. The number of nitrogens with one attached hydrogen (secondary N) is 1. The molecule has 3 aromatic rings. The van der Waals surface area contributed by atoms with E-state index < -0.39 is 6.17 Å². The van der Waals surface area contributed by atoms with E-state index in [1.165, 1.54) is 0 Å². The minimum Gasteiger partial charge on any atom is -0.359 e. The van der Waals surface area contributed by atoms with Crippen LogP contribution in [0.25, 0.3) is 0 Å². The third-order valence-corrected chi connectivity index (χ3v) is 5.18. The second-order valence-electron chi connectivity index (χ2n) is 6.10. The first-order valence-corrected chi connectivity index (χ1v) is 8.87. The summed E-state index contributed by atoms with van der Waals surface area (Å²) in [7, 11) is 0. The number of amides is 1. The molecule has 1 unspecified atom stereocenters. The first-order valence-electron chi connectivity index (χ1n) is 8.12. The molecule has 4 rings (SSSR count). The van der Waals surface area contributed by atoms with E-state index >= 15 is 0 Å². The highest BCUT2D eigenvalue weighted by atomic mass is 35.5. The number of hydrogen-bond donors (Lipinski definition) is 1. The lowest BCUT2D eigenvalue weighted by atomic mass is 10.2. The second kappa shape index (κ2) is 6.63. The monoisotopic (exact) mass is 383 g/mol. The third kappa shape index (κ3) is 2.81. The normalized spacial score (nSPS) is 15.9. The molecule has 0 radical (unpaired) electrons. The van der Waals surface area contributed by atoms with Crippen LogP contribution in [0.15, 0.2) is 60.8 Å². The molecule has 1 aliphatic heterocycles. The minimum absolute atomic E-state index is 0.104. The van der Waals surface area contributed by atoms with Gasteiger partial charge in [0.15, 0.2) is 6.17 Å². The molecule has 1 aliphatic rings. The van der Waals surface area contributed by atoms with Gasteiger partial charge in [0.05, 0.1) is 27.0 Å². The second-order valence-corrected chi connectivity index (χ2v) is 6.88. The zero-order chi connectivity index (χ0) is 18.3. The number of aryl methyl sites for hydroxylation is 1. The Labute approximate surface area is 161 Å². The molecule has 0 bridgehead atoms. The topological polar surface area (TPSA) is 45.2 Å². The van der Waals surface area contributed by atoms with Crippen molar-refractivity contribution < 1.29 is 4.79 Å². The van der Waals surface area contributed by atoms with Crippen molar-refractivity contribution in [1.82, 2.24) is 4.98 Å². The van der Waals surface area contributed by atoms with Gasteiger partial charge in [0.25, 0.3) is 5.91 Å². The Kier molecular flexibility index (Phi) is 4.31. The van der Waals surface area contributed by atoms with Crippen molar-refractivity contribution >= 4 is 40.5 Å². The number of nitrogens with zero attached hydrogens (tertiary/aromatic N) is 2. The molecule has 0 fully saturated rings. The van der Waals surface area contributed by atoms with E-state index in [0.29, 0.717) is 27.0 Å². The summed E-state index contributed by atoms with van der Waals surface area (Å²) >= 11 is 12.5. The van der Waals surface area contributed by atoms with E-state index in [4.69, 9.17) is 23.2 Å². The molecule has 1 atom stereocenters. The predicted molar refractivity (Wildman–Crippen MR) is 105 cm³/mol. The van der Waals surface area contributed by atoms with Crippen LogP contribution in [-0.4, -0.2) is 10.9 Å². The molecule has 0 aliphatic carbocycles. The fraction of sp³-hybridized carbons (Fsp3) is 0.100. The summed E-state index contributed by atoms with van der Waals surface area (Å²) in [6.07, 6.45) is 1.20. The molecule has 130 valence electrons. The van der Waals surface area contributed by atoms with Gasteiger partial charge in [-0.2, -0.15) is 0 Å². The highest BCUT2D eigenvalue weighted by Gasteiger charge is 2.39.